The molecule has 2 nitrogen and oxygen atoms in total. The Hall–Kier alpha value is -1.19. The van der Waals surface area contributed by atoms with Gasteiger partial charge in [-0.1, -0.05) is 6.07 Å². The Kier molecular flexibility index (Phi) is 2.38. The number of hydrogen-bond acceptors (Lipinski definition) is 3. The fourth-order valence-electron chi connectivity index (χ4n) is 1.19. The van der Waals surface area contributed by atoms with Gasteiger partial charge < -0.3 is 5.73 Å². The van der Waals surface area contributed by atoms with Crippen LogP contribution in [0.15, 0.2) is 35.8 Å². The number of rotatable bonds is 2. The summed E-state index contributed by atoms with van der Waals surface area (Å²) in [7, 11) is 0. The standard InChI is InChI=1S/C10H10N2S/c11-7-9-6-8(3-4-12-9)10-2-1-5-13-10/h1-6H,7,11H2. The number of thiophene rings is 1. The van der Waals surface area contributed by atoms with E-state index in [1.807, 2.05) is 18.2 Å². The van der Waals surface area contributed by atoms with Crippen LogP contribution in [0.25, 0.3) is 10.4 Å². The van der Waals surface area contributed by atoms with E-state index < -0.39 is 0 Å². The third-order valence-corrected chi connectivity index (χ3v) is 2.75. The monoisotopic (exact) mass is 190 g/mol. The first-order valence-corrected chi connectivity index (χ1v) is 4.97. The van der Waals surface area contributed by atoms with E-state index in [2.05, 4.69) is 16.4 Å². The predicted molar refractivity (Wildman–Crippen MR) is 55.4 cm³/mol. The number of pyridine rings is 1. The predicted octanol–water partition coefficient (Wildman–Crippen LogP) is 2.27. The van der Waals surface area contributed by atoms with Gasteiger partial charge in [-0.25, -0.2) is 0 Å². The first-order chi connectivity index (χ1) is 6.40. The number of aromatic nitrogens is 1. The molecule has 2 N–H and O–H groups in total. The lowest BCUT2D eigenvalue weighted by Crippen LogP contribution is -1.98. The molecule has 2 aromatic heterocycles. The normalized spacial score (nSPS) is 10.2. The van der Waals surface area contributed by atoms with Crippen molar-refractivity contribution >= 4 is 11.3 Å². The van der Waals surface area contributed by atoms with Gasteiger partial charge in [-0.2, -0.15) is 0 Å². The van der Waals surface area contributed by atoms with Crippen LogP contribution >= 0.6 is 11.3 Å². The SMILES string of the molecule is NCc1cc(-c2cccs2)ccn1. The summed E-state index contributed by atoms with van der Waals surface area (Å²) < 4.78 is 0. The molecule has 0 atom stereocenters. The van der Waals surface area contributed by atoms with Crippen LogP contribution in [0.5, 0.6) is 0 Å². The van der Waals surface area contributed by atoms with Crippen molar-refractivity contribution in [1.82, 2.24) is 4.98 Å². The van der Waals surface area contributed by atoms with E-state index in [9.17, 15) is 0 Å². The molecular weight excluding hydrogens is 180 g/mol. The third-order valence-electron chi connectivity index (χ3n) is 1.83. The zero-order valence-electron chi connectivity index (χ0n) is 7.10. The molecule has 0 aliphatic carbocycles. The van der Waals surface area contributed by atoms with Crippen molar-refractivity contribution in [2.75, 3.05) is 0 Å². The highest BCUT2D eigenvalue weighted by atomic mass is 32.1. The molecule has 0 saturated heterocycles. The molecule has 0 aliphatic heterocycles. The molecule has 3 heteroatoms. The third kappa shape index (κ3) is 1.76. The van der Waals surface area contributed by atoms with Gasteiger partial charge in [-0.05, 0) is 29.1 Å². The lowest BCUT2D eigenvalue weighted by molar-refractivity contribution is 0.992. The maximum atomic E-state index is 5.51. The van der Waals surface area contributed by atoms with E-state index in [1.54, 1.807) is 17.5 Å². The fraction of sp³-hybridized carbons (Fsp3) is 0.100. The van der Waals surface area contributed by atoms with E-state index in [0.717, 1.165) is 5.69 Å². The molecule has 2 heterocycles. The number of nitrogens with zero attached hydrogens (tertiary/aromatic N) is 1. The second-order valence-corrected chi connectivity index (χ2v) is 3.66. The smallest absolute Gasteiger partial charge is 0.0545 e. The van der Waals surface area contributed by atoms with Gasteiger partial charge in [0.1, 0.15) is 0 Å². The Morgan fingerprint density at radius 3 is 3.00 bits per heavy atom. The maximum Gasteiger partial charge on any atom is 0.0545 e. The molecule has 2 rings (SSSR count). The molecule has 0 radical (unpaired) electrons. The van der Waals surface area contributed by atoms with Crippen molar-refractivity contribution in [2.24, 2.45) is 5.73 Å². The van der Waals surface area contributed by atoms with Crippen LogP contribution in [0.2, 0.25) is 0 Å². The summed E-state index contributed by atoms with van der Waals surface area (Å²) >= 11 is 1.73. The Balaban J connectivity index is 2.41. The topological polar surface area (TPSA) is 38.9 Å². The van der Waals surface area contributed by atoms with Gasteiger partial charge in [0.2, 0.25) is 0 Å². The molecule has 0 bridgehead atoms. The van der Waals surface area contributed by atoms with Gasteiger partial charge in [0.15, 0.2) is 0 Å². The van der Waals surface area contributed by atoms with Crippen molar-refractivity contribution in [1.29, 1.82) is 0 Å². The summed E-state index contributed by atoms with van der Waals surface area (Å²) in [5, 5.41) is 2.07. The summed E-state index contributed by atoms with van der Waals surface area (Å²) in [5.41, 5.74) is 7.65. The highest BCUT2D eigenvalue weighted by Gasteiger charge is 1.99. The van der Waals surface area contributed by atoms with E-state index in [-0.39, 0.29) is 0 Å². The number of nitrogens with two attached hydrogens (primary N) is 1. The molecular formula is C10H10N2S. The van der Waals surface area contributed by atoms with Crippen molar-refractivity contribution in [3.8, 4) is 10.4 Å². The molecule has 0 unspecified atom stereocenters. The molecule has 0 aromatic carbocycles. The Morgan fingerprint density at radius 1 is 1.38 bits per heavy atom. The molecule has 0 spiro atoms. The molecule has 66 valence electrons. The average molecular weight is 190 g/mol. The van der Waals surface area contributed by atoms with E-state index in [4.69, 9.17) is 5.73 Å². The lowest BCUT2D eigenvalue weighted by atomic mass is 10.2. The van der Waals surface area contributed by atoms with Gasteiger partial charge in [0.05, 0.1) is 5.69 Å². The summed E-state index contributed by atoms with van der Waals surface area (Å²) in [5.74, 6) is 0. The minimum atomic E-state index is 0.499. The minimum Gasteiger partial charge on any atom is -0.325 e. The van der Waals surface area contributed by atoms with E-state index in [1.165, 1.54) is 10.4 Å². The van der Waals surface area contributed by atoms with Crippen molar-refractivity contribution in [3.05, 3.63) is 41.5 Å². The first kappa shape index (κ1) is 8.41. The van der Waals surface area contributed by atoms with E-state index >= 15 is 0 Å². The lowest BCUT2D eigenvalue weighted by Gasteiger charge is -1.99. The molecule has 0 aliphatic rings. The van der Waals surface area contributed by atoms with Crippen LogP contribution < -0.4 is 5.73 Å². The van der Waals surface area contributed by atoms with Crippen LogP contribution in [0.3, 0.4) is 0 Å². The molecule has 0 fully saturated rings. The van der Waals surface area contributed by atoms with Crippen LogP contribution in [0, 0.1) is 0 Å². The first-order valence-electron chi connectivity index (χ1n) is 4.09. The zero-order valence-corrected chi connectivity index (χ0v) is 7.92. The van der Waals surface area contributed by atoms with Gasteiger partial charge in [0, 0.05) is 17.6 Å². The van der Waals surface area contributed by atoms with Crippen LogP contribution in [0.4, 0.5) is 0 Å². The Labute approximate surface area is 81.1 Å². The second kappa shape index (κ2) is 3.68. The quantitative estimate of drug-likeness (QED) is 0.789. The Morgan fingerprint density at radius 2 is 2.31 bits per heavy atom. The van der Waals surface area contributed by atoms with E-state index in [0.29, 0.717) is 6.54 Å². The maximum absolute atomic E-state index is 5.51. The molecule has 2 aromatic rings. The zero-order chi connectivity index (χ0) is 9.10. The van der Waals surface area contributed by atoms with Gasteiger partial charge >= 0.3 is 0 Å². The second-order valence-electron chi connectivity index (χ2n) is 2.72. The molecule has 13 heavy (non-hydrogen) atoms. The van der Waals surface area contributed by atoms with Crippen LogP contribution in [0.1, 0.15) is 5.69 Å². The van der Waals surface area contributed by atoms with Crippen LogP contribution in [-0.2, 0) is 6.54 Å². The molecule has 0 amide bonds. The van der Waals surface area contributed by atoms with Crippen LogP contribution in [-0.4, -0.2) is 4.98 Å². The highest BCUT2D eigenvalue weighted by molar-refractivity contribution is 7.13. The summed E-state index contributed by atoms with van der Waals surface area (Å²) in [4.78, 5) is 5.41. The van der Waals surface area contributed by atoms with Crippen molar-refractivity contribution in [2.45, 2.75) is 6.54 Å². The fourth-order valence-corrected chi connectivity index (χ4v) is 1.91. The van der Waals surface area contributed by atoms with Crippen molar-refractivity contribution < 1.29 is 0 Å². The van der Waals surface area contributed by atoms with Gasteiger partial charge in [0.25, 0.3) is 0 Å². The van der Waals surface area contributed by atoms with Gasteiger partial charge in [-0.15, -0.1) is 11.3 Å². The number of hydrogen-bond donors (Lipinski definition) is 1. The average Bonchev–Trinajstić information content (AvgIpc) is 2.71. The summed E-state index contributed by atoms with van der Waals surface area (Å²) in [6, 6.07) is 8.18. The summed E-state index contributed by atoms with van der Waals surface area (Å²) in [6.07, 6.45) is 1.80. The summed E-state index contributed by atoms with van der Waals surface area (Å²) in [6.45, 7) is 0.499. The highest BCUT2D eigenvalue weighted by Crippen LogP contribution is 2.24. The van der Waals surface area contributed by atoms with Gasteiger partial charge in [-0.3, -0.25) is 4.98 Å². The van der Waals surface area contributed by atoms with Crippen molar-refractivity contribution in [3.63, 3.8) is 0 Å². The Bertz CT molecular complexity index is 382. The minimum absolute atomic E-state index is 0.499. The largest absolute Gasteiger partial charge is 0.325 e. The molecule has 0 saturated carbocycles.